The van der Waals surface area contributed by atoms with Crippen LogP contribution in [0.25, 0.3) is 5.69 Å². The van der Waals surface area contributed by atoms with E-state index < -0.39 is 0 Å². The molecular formula is C15H16ClN5. The fourth-order valence-electron chi connectivity index (χ4n) is 2.18. The number of benzene rings is 1. The SMILES string of the molecule is CCn1cc(CNc2cccc(Cl)c2-n2ccnc2)cn1. The first-order valence-corrected chi connectivity index (χ1v) is 7.17. The summed E-state index contributed by atoms with van der Waals surface area (Å²) in [5.74, 6) is 0. The molecule has 1 N–H and O–H groups in total. The van der Waals surface area contributed by atoms with E-state index in [1.807, 2.05) is 46.0 Å². The molecule has 6 heteroatoms. The molecule has 108 valence electrons. The maximum Gasteiger partial charge on any atom is 0.0992 e. The number of halogens is 1. The molecule has 0 atom stereocenters. The summed E-state index contributed by atoms with van der Waals surface area (Å²) in [5, 5.41) is 8.36. The van der Waals surface area contributed by atoms with Gasteiger partial charge in [0.05, 0.1) is 28.9 Å². The highest BCUT2D eigenvalue weighted by molar-refractivity contribution is 6.33. The zero-order chi connectivity index (χ0) is 14.7. The Labute approximate surface area is 128 Å². The number of hydrogen-bond acceptors (Lipinski definition) is 3. The van der Waals surface area contributed by atoms with Crippen LogP contribution in [-0.2, 0) is 13.1 Å². The van der Waals surface area contributed by atoms with Crippen LogP contribution >= 0.6 is 11.6 Å². The first kappa shape index (κ1) is 13.7. The number of rotatable bonds is 5. The van der Waals surface area contributed by atoms with E-state index in [1.54, 1.807) is 12.5 Å². The second-order valence-corrected chi connectivity index (χ2v) is 5.07. The summed E-state index contributed by atoms with van der Waals surface area (Å²) in [5.41, 5.74) is 3.00. The number of nitrogens with zero attached hydrogens (tertiary/aromatic N) is 4. The van der Waals surface area contributed by atoms with Crippen LogP contribution in [-0.4, -0.2) is 19.3 Å². The average Bonchev–Trinajstić information content (AvgIpc) is 3.16. The summed E-state index contributed by atoms with van der Waals surface area (Å²) < 4.78 is 3.81. The molecule has 0 radical (unpaired) electrons. The van der Waals surface area contributed by atoms with Crippen molar-refractivity contribution in [3.05, 3.63) is 59.9 Å². The van der Waals surface area contributed by atoms with Crippen LogP contribution < -0.4 is 5.32 Å². The van der Waals surface area contributed by atoms with E-state index in [9.17, 15) is 0 Å². The maximum atomic E-state index is 6.32. The number of imidazole rings is 1. The molecule has 0 aliphatic rings. The topological polar surface area (TPSA) is 47.7 Å². The Morgan fingerprint density at radius 3 is 2.95 bits per heavy atom. The van der Waals surface area contributed by atoms with Gasteiger partial charge in [0.15, 0.2) is 0 Å². The van der Waals surface area contributed by atoms with E-state index in [2.05, 4.69) is 22.3 Å². The monoisotopic (exact) mass is 301 g/mol. The van der Waals surface area contributed by atoms with E-state index in [-0.39, 0.29) is 0 Å². The van der Waals surface area contributed by atoms with Gasteiger partial charge in [-0.25, -0.2) is 4.98 Å². The number of aromatic nitrogens is 4. The molecule has 0 bridgehead atoms. The highest BCUT2D eigenvalue weighted by Gasteiger charge is 2.09. The predicted molar refractivity (Wildman–Crippen MR) is 83.8 cm³/mol. The largest absolute Gasteiger partial charge is 0.379 e. The lowest BCUT2D eigenvalue weighted by Crippen LogP contribution is -2.04. The van der Waals surface area contributed by atoms with E-state index in [0.29, 0.717) is 11.6 Å². The summed E-state index contributed by atoms with van der Waals surface area (Å²) in [6, 6.07) is 5.81. The van der Waals surface area contributed by atoms with Crippen molar-refractivity contribution in [1.82, 2.24) is 19.3 Å². The molecule has 0 saturated carbocycles. The fraction of sp³-hybridized carbons (Fsp3) is 0.200. The highest BCUT2D eigenvalue weighted by Crippen LogP contribution is 2.28. The Morgan fingerprint density at radius 2 is 2.24 bits per heavy atom. The molecule has 3 aromatic rings. The Morgan fingerprint density at radius 1 is 1.33 bits per heavy atom. The van der Waals surface area contributed by atoms with Crippen molar-refractivity contribution in [2.45, 2.75) is 20.0 Å². The normalized spacial score (nSPS) is 10.8. The summed E-state index contributed by atoms with van der Waals surface area (Å²) in [6.07, 6.45) is 9.26. The maximum absolute atomic E-state index is 6.32. The van der Waals surface area contributed by atoms with Crippen molar-refractivity contribution < 1.29 is 0 Å². The lowest BCUT2D eigenvalue weighted by molar-refractivity contribution is 0.659. The van der Waals surface area contributed by atoms with Gasteiger partial charge >= 0.3 is 0 Å². The van der Waals surface area contributed by atoms with Crippen molar-refractivity contribution in [2.24, 2.45) is 0 Å². The molecule has 2 heterocycles. The van der Waals surface area contributed by atoms with Gasteiger partial charge in [-0.05, 0) is 19.1 Å². The van der Waals surface area contributed by atoms with Crippen molar-refractivity contribution in [3.8, 4) is 5.69 Å². The van der Waals surface area contributed by atoms with E-state index in [4.69, 9.17) is 11.6 Å². The molecule has 1 aromatic carbocycles. The lowest BCUT2D eigenvalue weighted by Gasteiger charge is -2.13. The van der Waals surface area contributed by atoms with Crippen molar-refractivity contribution in [3.63, 3.8) is 0 Å². The minimum atomic E-state index is 0.683. The van der Waals surface area contributed by atoms with Gasteiger partial charge in [0.2, 0.25) is 0 Å². The third-order valence-electron chi connectivity index (χ3n) is 3.24. The second-order valence-electron chi connectivity index (χ2n) is 4.66. The molecule has 0 fully saturated rings. The molecule has 5 nitrogen and oxygen atoms in total. The minimum Gasteiger partial charge on any atom is -0.379 e. The Kier molecular flexibility index (Phi) is 3.92. The van der Waals surface area contributed by atoms with Gasteiger partial charge in [0, 0.05) is 37.2 Å². The zero-order valence-electron chi connectivity index (χ0n) is 11.7. The third-order valence-corrected chi connectivity index (χ3v) is 3.55. The van der Waals surface area contributed by atoms with Gasteiger partial charge in [-0.1, -0.05) is 17.7 Å². The molecule has 21 heavy (non-hydrogen) atoms. The predicted octanol–water partition coefficient (Wildman–Crippen LogP) is 3.35. The van der Waals surface area contributed by atoms with Crippen molar-refractivity contribution in [2.75, 3.05) is 5.32 Å². The van der Waals surface area contributed by atoms with E-state index in [0.717, 1.165) is 23.5 Å². The van der Waals surface area contributed by atoms with Crippen LogP contribution in [0.4, 0.5) is 5.69 Å². The van der Waals surface area contributed by atoms with Gasteiger partial charge in [0.1, 0.15) is 0 Å². The molecule has 2 aromatic heterocycles. The molecule has 0 unspecified atom stereocenters. The fourth-order valence-corrected chi connectivity index (χ4v) is 2.45. The van der Waals surface area contributed by atoms with Gasteiger partial charge in [0.25, 0.3) is 0 Å². The third kappa shape index (κ3) is 2.92. The smallest absolute Gasteiger partial charge is 0.0992 e. The van der Waals surface area contributed by atoms with Crippen LogP contribution in [0.1, 0.15) is 12.5 Å². The van der Waals surface area contributed by atoms with Crippen LogP contribution in [0.2, 0.25) is 5.02 Å². The summed E-state index contributed by atoms with van der Waals surface area (Å²) >= 11 is 6.32. The van der Waals surface area contributed by atoms with Crippen molar-refractivity contribution in [1.29, 1.82) is 0 Å². The van der Waals surface area contributed by atoms with Gasteiger partial charge < -0.3 is 9.88 Å². The van der Waals surface area contributed by atoms with E-state index >= 15 is 0 Å². The number of aryl methyl sites for hydroxylation is 1. The number of anilines is 1. The molecule has 0 amide bonds. The number of hydrogen-bond donors (Lipinski definition) is 1. The zero-order valence-corrected chi connectivity index (χ0v) is 12.5. The van der Waals surface area contributed by atoms with Gasteiger partial charge in [-0.15, -0.1) is 0 Å². The Bertz CT molecular complexity index is 718. The second kappa shape index (κ2) is 6.01. The van der Waals surface area contributed by atoms with Gasteiger partial charge in [-0.2, -0.15) is 5.10 Å². The Balaban J connectivity index is 1.84. The molecule has 0 aliphatic heterocycles. The molecule has 0 saturated heterocycles. The minimum absolute atomic E-state index is 0.683. The van der Waals surface area contributed by atoms with Crippen LogP contribution in [0.5, 0.6) is 0 Å². The van der Waals surface area contributed by atoms with Crippen LogP contribution in [0, 0.1) is 0 Å². The average molecular weight is 302 g/mol. The summed E-state index contributed by atoms with van der Waals surface area (Å²) in [4.78, 5) is 4.08. The molecular weight excluding hydrogens is 286 g/mol. The number of nitrogens with one attached hydrogen (secondary N) is 1. The molecule has 0 spiro atoms. The standard InChI is InChI=1S/C15H16ClN5/c1-2-21-10-12(9-19-21)8-18-14-5-3-4-13(16)15(14)20-7-6-17-11-20/h3-7,9-11,18H,2,8H2,1H3. The first-order valence-electron chi connectivity index (χ1n) is 6.80. The van der Waals surface area contributed by atoms with Crippen molar-refractivity contribution >= 4 is 17.3 Å². The first-order chi connectivity index (χ1) is 10.3. The van der Waals surface area contributed by atoms with E-state index in [1.165, 1.54) is 0 Å². The lowest BCUT2D eigenvalue weighted by atomic mass is 10.2. The highest BCUT2D eigenvalue weighted by atomic mass is 35.5. The quantitative estimate of drug-likeness (QED) is 0.786. The summed E-state index contributed by atoms with van der Waals surface area (Å²) in [7, 11) is 0. The Hall–Kier alpha value is -2.27. The van der Waals surface area contributed by atoms with Crippen LogP contribution in [0.3, 0.4) is 0 Å². The molecule has 0 aliphatic carbocycles. The van der Waals surface area contributed by atoms with Gasteiger partial charge in [-0.3, -0.25) is 4.68 Å². The summed E-state index contributed by atoms with van der Waals surface area (Å²) in [6.45, 7) is 3.64. The number of para-hydroxylation sites is 1. The molecule has 3 rings (SSSR count). The van der Waals surface area contributed by atoms with Crippen LogP contribution in [0.15, 0.2) is 49.3 Å².